The van der Waals surface area contributed by atoms with Crippen molar-refractivity contribution in [3.05, 3.63) is 21.1 Å². The molecule has 0 aromatic carbocycles. The number of rotatable bonds is 4. The zero-order valence-corrected chi connectivity index (χ0v) is 13.2. The number of carbonyl (C=O) groups excluding carboxylic acids is 2. The van der Waals surface area contributed by atoms with Gasteiger partial charge in [0.25, 0.3) is 0 Å². The maximum atomic E-state index is 11.4. The van der Waals surface area contributed by atoms with Gasteiger partial charge in [-0.25, -0.2) is 4.79 Å². The molecule has 5 nitrogen and oxygen atoms in total. The van der Waals surface area contributed by atoms with E-state index in [0.29, 0.717) is 0 Å². The monoisotopic (exact) mass is 336 g/mol. The predicted octanol–water partition coefficient (Wildman–Crippen LogP) is 2.83. The van der Waals surface area contributed by atoms with Crippen LogP contribution in [0.15, 0.2) is 21.1 Å². The number of thioether (sulfide) groups is 1. The fraction of sp³-hybridized carbons (Fsp3) is 0.455. The molecule has 3 N–H and O–H groups in total. The lowest BCUT2D eigenvalue weighted by molar-refractivity contribution is -0.113. The Labute approximate surface area is 119 Å². The van der Waals surface area contributed by atoms with E-state index in [2.05, 4.69) is 27.8 Å². The second-order valence-electron chi connectivity index (χ2n) is 4.39. The molecule has 0 bridgehead atoms. The number of halogens is 1. The minimum absolute atomic E-state index is 0.201. The molecule has 0 unspecified atom stereocenters. The molecule has 0 heterocycles. The van der Waals surface area contributed by atoms with Crippen LogP contribution in [0.3, 0.4) is 0 Å². The maximum absolute atomic E-state index is 11.4. The second kappa shape index (κ2) is 6.84. The predicted molar refractivity (Wildman–Crippen MR) is 76.9 cm³/mol. The summed E-state index contributed by atoms with van der Waals surface area (Å²) >= 11 is 3.98. The molecule has 7 heteroatoms. The first kappa shape index (κ1) is 17.1. The van der Waals surface area contributed by atoms with Gasteiger partial charge in [0, 0.05) is 0 Å². The van der Waals surface area contributed by atoms with Gasteiger partial charge < -0.3 is 10.5 Å². The van der Waals surface area contributed by atoms with Crippen molar-refractivity contribution in [2.45, 2.75) is 33.3 Å². The average molecular weight is 337 g/mol. The molecule has 0 fully saturated rings. The van der Waals surface area contributed by atoms with Crippen LogP contribution in [0.1, 0.15) is 27.7 Å². The minimum atomic E-state index is -0.629. The Balaban J connectivity index is 4.49. The van der Waals surface area contributed by atoms with Crippen LogP contribution in [0.2, 0.25) is 0 Å². The number of hydrogen-bond donors (Lipinski definition) is 2. The van der Waals surface area contributed by atoms with Crippen molar-refractivity contribution in [3.63, 3.8) is 0 Å². The number of alkyl carbamates (subject to hydrolysis) is 1. The van der Waals surface area contributed by atoms with Crippen LogP contribution < -0.4 is 11.1 Å². The molecule has 0 saturated heterocycles. The van der Waals surface area contributed by atoms with E-state index in [1.165, 1.54) is 6.92 Å². The number of amides is 1. The number of Topliss-reactive ketones (excluding diaryl/α,β-unsaturated/α-hetero) is 1. The normalized spacial score (nSPS) is 12.5. The fourth-order valence-electron chi connectivity index (χ4n) is 0.855. The molecule has 0 aliphatic heterocycles. The van der Waals surface area contributed by atoms with E-state index in [-0.39, 0.29) is 20.3 Å². The molecule has 0 aromatic heterocycles. The Morgan fingerprint density at radius 1 is 1.39 bits per heavy atom. The summed E-state index contributed by atoms with van der Waals surface area (Å²) in [4.78, 5) is 23.0. The highest BCUT2D eigenvalue weighted by Crippen LogP contribution is 2.26. The van der Waals surface area contributed by atoms with Gasteiger partial charge in [0.05, 0.1) is 14.5 Å². The van der Waals surface area contributed by atoms with Gasteiger partial charge in [-0.15, -0.1) is 0 Å². The Morgan fingerprint density at radius 3 is 2.22 bits per heavy atom. The first-order valence-corrected chi connectivity index (χ1v) is 6.67. The van der Waals surface area contributed by atoms with Gasteiger partial charge >= 0.3 is 6.09 Å². The van der Waals surface area contributed by atoms with E-state index >= 15 is 0 Å². The van der Waals surface area contributed by atoms with Gasteiger partial charge in [-0.3, -0.25) is 10.1 Å². The standard InChI is InChI=1S/C11H17BrN2O3S/c1-6(15)8(9(12)13)18-7(2)14-10(16)17-11(3,4)5/h2,13H2,1,3-5H3,(H,14,16)/b9-8-. The van der Waals surface area contributed by atoms with Crippen molar-refractivity contribution in [1.29, 1.82) is 0 Å². The Kier molecular flexibility index (Phi) is 6.48. The molecule has 0 spiro atoms. The van der Waals surface area contributed by atoms with Crippen molar-refractivity contribution in [1.82, 2.24) is 5.32 Å². The van der Waals surface area contributed by atoms with Gasteiger partial charge in [0.15, 0.2) is 5.78 Å². The second-order valence-corrected chi connectivity index (χ2v) is 6.34. The zero-order chi connectivity index (χ0) is 14.5. The van der Waals surface area contributed by atoms with Gasteiger partial charge in [-0.2, -0.15) is 0 Å². The molecular weight excluding hydrogens is 320 g/mol. The van der Waals surface area contributed by atoms with Crippen LogP contribution in [-0.4, -0.2) is 17.5 Å². The molecule has 1 amide bonds. The highest BCUT2D eigenvalue weighted by molar-refractivity contribution is 9.11. The third kappa shape index (κ3) is 7.39. The smallest absolute Gasteiger partial charge is 0.412 e. The Morgan fingerprint density at radius 2 is 1.89 bits per heavy atom. The summed E-state index contributed by atoms with van der Waals surface area (Å²) in [6.45, 7) is 10.2. The topological polar surface area (TPSA) is 81.4 Å². The Hall–Kier alpha value is -0.950. The number of hydrogen-bond acceptors (Lipinski definition) is 5. The fourth-order valence-corrected chi connectivity index (χ4v) is 2.00. The van der Waals surface area contributed by atoms with E-state index < -0.39 is 11.7 Å². The molecule has 0 atom stereocenters. The lowest BCUT2D eigenvalue weighted by Crippen LogP contribution is -2.31. The molecular formula is C11H17BrN2O3S. The summed E-state index contributed by atoms with van der Waals surface area (Å²) < 4.78 is 5.24. The minimum Gasteiger partial charge on any atom is -0.444 e. The van der Waals surface area contributed by atoms with Crippen LogP contribution >= 0.6 is 27.7 Å². The first-order valence-electron chi connectivity index (χ1n) is 5.06. The highest BCUT2D eigenvalue weighted by atomic mass is 79.9. The lowest BCUT2D eigenvalue weighted by atomic mass is 10.2. The number of allylic oxidation sites excluding steroid dienone is 1. The summed E-state index contributed by atoms with van der Waals surface area (Å²) in [5, 5.41) is 2.68. The van der Waals surface area contributed by atoms with Gasteiger partial charge in [0.1, 0.15) is 5.60 Å². The average Bonchev–Trinajstić information content (AvgIpc) is 2.09. The van der Waals surface area contributed by atoms with Crippen molar-refractivity contribution in [2.24, 2.45) is 5.73 Å². The number of ketones is 1. The van der Waals surface area contributed by atoms with E-state index in [1.807, 2.05) is 0 Å². The van der Waals surface area contributed by atoms with Crippen LogP contribution in [0.5, 0.6) is 0 Å². The van der Waals surface area contributed by atoms with E-state index in [0.717, 1.165) is 11.8 Å². The van der Waals surface area contributed by atoms with E-state index in [1.54, 1.807) is 20.8 Å². The quantitative estimate of drug-likeness (QED) is 0.609. The molecule has 18 heavy (non-hydrogen) atoms. The molecule has 102 valence electrons. The van der Waals surface area contributed by atoms with E-state index in [9.17, 15) is 9.59 Å². The maximum Gasteiger partial charge on any atom is 0.412 e. The zero-order valence-electron chi connectivity index (χ0n) is 10.8. The third-order valence-corrected chi connectivity index (χ3v) is 3.12. The van der Waals surface area contributed by atoms with Crippen LogP contribution in [0.25, 0.3) is 0 Å². The largest absolute Gasteiger partial charge is 0.444 e. The summed E-state index contributed by atoms with van der Waals surface area (Å²) in [5.41, 5.74) is 4.89. The molecule has 0 saturated carbocycles. The van der Waals surface area contributed by atoms with Gasteiger partial charge in [0.2, 0.25) is 0 Å². The number of ether oxygens (including phenoxy) is 1. The Bertz CT molecular complexity index is 396. The molecule has 0 aliphatic carbocycles. The SMILES string of the molecule is C=C(NC(=O)OC(C)(C)C)S/C(C(C)=O)=C(\N)Br. The van der Waals surface area contributed by atoms with Crippen molar-refractivity contribution in [2.75, 3.05) is 0 Å². The number of nitrogens with two attached hydrogens (primary N) is 1. The van der Waals surface area contributed by atoms with Crippen molar-refractivity contribution in [3.8, 4) is 0 Å². The highest BCUT2D eigenvalue weighted by Gasteiger charge is 2.18. The lowest BCUT2D eigenvalue weighted by Gasteiger charge is -2.20. The molecule has 0 rings (SSSR count). The summed E-state index contributed by atoms with van der Waals surface area (Å²) in [7, 11) is 0. The van der Waals surface area contributed by atoms with Crippen LogP contribution in [0.4, 0.5) is 4.79 Å². The van der Waals surface area contributed by atoms with Crippen molar-refractivity contribution < 1.29 is 14.3 Å². The molecule has 0 aliphatic rings. The van der Waals surface area contributed by atoms with Gasteiger partial charge in [-0.05, 0) is 43.6 Å². The molecule has 0 aromatic rings. The van der Waals surface area contributed by atoms with Crippen LogP contribution in [-0.2, 0) is 9.53 Å². The number of nitrogens with one attached hydrogen (secondary N) is 1. The first-order chi connectivity index (χ1) is 8.03. The summed E-state index contributed by atoms with van der Waals surface area (Å²) in [6.07, 6.45) is -0.629. The van der Waals surface area contributed by atoms with Crippen LogP contribution in [0, 0.1) is 0 Å². The summed E-state index contributed by atoms with van der Waals surface area (Å²) in [5.74, 6) is -0.221. The summed E-state index contributed by atoms with van der Waals surface area (Å²) in [6, 6.07) is 0. The molecule has 0 radical (unpaired) electrons. The van der Waals surface area contributed by atoms with Crippen molar-refractivity contribution >= 4 is 39.6 Å². The third-order valence-electron chi connectivity index (χ3n) is 1.40. The van der Waals surface area contributed by atoms with Gasteiger partial charge in [-0.1, -0.05) is 18.3 Å². The van der Waals surface area contributed by atoms with E-state index in [4.69, 9.17) is 10.5 Å². The number of carbonyl (C=O) groups is 2.